The van der Waals surface area contributed by atoms with Crippen LogP contribution in [0.2, 0.25) is 0 Å². The summed E-state index contributed by atoms with van der Waals surface area (Å²) < 4.78 is 4.25. The van der Waals surface area contributed by atoms with Crippen LogP contribution < -0.4 is 0 Å². The minimum atomic E-state index is 0.628. The molecule has 2 aromatic carbocycles. The first kappa shape index (κ1) is 30.3. The van der Waals surface area contributed by atoms with Crippen molar-refractivity contribution >= 4 is 40.0 Å². The molecule has 0 heterocycles. The Labute approximate surface area is 167 Å². The van der Waals surface area contributed by atoms with E-state index in [9.17, 15) is 0 Å². The summed E-state index contributed by atoms with van der Waals surface area (Å²) in [5.41, 5.74) is 0. The van der Waals surface area contributed by atoms with E-state index in [-0.39, 0.29) is 0 Å². The fourth-order valence-electron chi connectivity index (χ4n) is 0.770. The summed E-state index contributed by atoms with van der Waals surface area (Å²) in [6.07, 6.45) is 0. The van der Waals surface area contributed by atoms with Crippen LogP contribution in [0.5, 0.6) is 0 Å². The minimum Gasteiger partial charge on any atom is -0.0623 e. The zero-order chi connectivity index (χ0) is 17.9. The Kier molecular flexibility index (Phi) is 59.2. The van der Waals surface area contributed by atoms with Crippen molar-refractivity contribution in [1.82, 2.24) is 0 Å². The predicted molar refractivity (Wildman–Crippen MR) is 117 cm³/mol. The van der Waals surface area contributed by atoms with Gasteiger partial charge in [0.1, 0.15) is 0 Å². The van der Waals surface area contributed by atoms with Crippen molar-refractivity contribution in [3.05, 3.63) is 72.8 Å². The first-order chi connectivity index (χ1) is 10.8. The Hall–Kier alpha value is 0.444. The van der Waals surface area contributed by atoms with Crippen LogP contribution in [-0.2, 0) is 14.2 Å². The molecule has 0 unspecified atom stereocenters. The molecule has 0 spiro atoms. The van der Waals surface area contributed by atoms with Gasteiger partial charge < -0.3 is 4.74 Å². The summed E-state index contributed by atoms with van der Waals surface area (Å²) in [5, 5.41) is 0. The number of rotatable bonds is 0. The fraction of sp³-hybridized carbons (Fsp3) is 0.333. The zero-order valence-electron chi connectivity index (χ0n) is 14.5. The van der Waals surface area contributed by atoms with Crippen LogP contribution in [0.15, 0.2) is 72.8 Å². The maximum absolute atomic E-state index is 4.25. The fourth-order valence-corrected chi connectivity index (χ4v) is 0.770. The van der Waals surface area contributed by atoms with Gasteiger partial charge in [-0.3, -0.25) is 0 Å². The van der Waals surface area contributed by atoms with E-state index in [2.05, 4.69) is 44.7 Å². The molecule has 22 heavy (non-hydrogen) atoms. The third-order valence-electron chi connectivity index (χ3n) is 1.33. The summed E-state index contributed by atoms with van der Waals surface area (Å²) in [6, 6.07) is 24.0. The molecule has 0 atom stereocenters. The Balaban J connectivity index is -0.0000000954. The van der Waals surface area contributed by atoms with Crippen LogP contribution in [0.25, 0.3) is 0 Å². The van der Waals surface area contributed by atoms with Gasteiger partial charge in [-0.15, -0.1) is 0 Å². The van der Waals surface area contributed by atoms with Gasteiger partial charge in [0.15, 0.2) is 0 Å². The van der Waals surface area contributed by atoms with E-state index < -0.39 is 0 Å². The van der Waals surface area contributed by atoms with Crippen molar-refractivity contribution in [3.8, 4) is 0 Å². The van der Waals surface area contributed by atoms with E-state index in [0.29, 0.717) is 9.47 Å². The maximum atomic E-state index is 4.25. The summed E-state index contributed by atoms with van der Waals surface area (Å²) in [7, 11) is 3.88. The molecule has 2 rings (SSSR count). The quantitative estimate of drug-likeness (QED) is 0.301. The molecule has 0 N–H and O–H groups in total. The van der Waals surface area contributed by atoms with Gasteiger partial charge in [-0.05, 0) is 0 Å². The van der Waals surface area contributed by atoms with Crippen LogP contribution >= 0.6 is 40.0 Å². The summed E-state index contributed by atoms with van der Waals surface area (Å²) in [6.45, 7) is 8.00. The second-order valence-electron chi connectivity index (χ2n) is 2.78. The average molecular weight is 567 g/mol. The van der Waals surface area contributed by atoms with Crippen LogP contribution in [0.4, 0.5) is 0 Å². The van der Waals surface area contributed by atoms with E-state index in [1.165, 1.54) is 0 Å². The molecule has 0 saturated heterocycles. The molecule has 1 nitrogen and oxygen atoms in total. The second kappa shape index (κ2) is 43.0. The molecule has 0 amide bonds. The van der Waals surface area contributed by atoms with Gasteiger partial charge in [0.2, 0.25) is 0 Å². The van der Waals surface area contributed by atoms with Crippen LogP contribution in [-0.4, -0.2) is 14.2 Å². The SMILES string of the molecule is CC.CC.COC.[I][V][I].c1ccccc1.c1ccccc1. The number of hydrogen-bond donors (Lipinski definition) is 0. The molecule has 0 bridgehead atoms. The molecule has 0 saturated carbocycles. The molecule has 0 fully saturated rings. The van der Waals surface area contributed by atoms with E-state index in [4.69, 9.17) is 0 Å². The van der Waals surface area contributed by atoms with Crippen molar-refractivity contribution in [2.24, 2.45) is 0 Å². The topological polar surface area (TPSA) is 9.23 Å². The van der Waals surface area contributed by atoms with Gasteiger partial charge in [0.25, 0.3) is 0 Å². The molecular weight excluding hydrogens is 537 g/mol. The van der Waals surface area contributed by atoms with Crippen molar-refractivity contribution in [3.63, 3.8) is 0 Å². The zero-order valence-corrected chi connectivity index (χ0v) is 20.3. The third kappa shape index (κ3) is 49.9. The van der Waals surface area contributed by atoms with Crippen molar-refractivity contribution in [2.45, 2.75) is 27.7 Å². The van der Waals surface area contributed by atoms with Gasteiger partial charge in [-0.25, -0.2) is 0 Å². The average Bonchev–Trinajstić information content (AvgIpc) is 2.63. The molecule has 2 aromatic rings. The Morgan fingerprint density at radius 3 is 0.591 bits per heavy atom. The van der Waals surface area contributed by atoms with Gasteiger partial charge in [0.05, 0.1) is 0 Å². The Bertz CT molecular complexity index is 220. The van der Waals surface area contributed by atoms with Gasteiger partial charge in [-0.1, -0.05) is 100 Å². The molecule has 0 aromatic heterocycles. The number of hydrogen-bond acceptors (Lipinski definition) is 1. The molecule has 4 heteroatoms. The predicted octanol–water partition coefficient (Wildman–Crippen LogP) is 7.46. The van der Waals surface area contributed by atoms with Crippen molar-refractivity contribution in [2.75, 3.05) is 14.2 Å². The van der Waals surface area contributed by atoms with Gasteiger partial charge >= 0.3 is 49.4 Å². The van der Waals surface area contributed by atoms with Crippen molar-refractivity contribution in [1.29, 1.82) is 0 Å². The normalized spacial score (nSPS) is 6.36. The van der Waals surface area contributed by atoms with E-state index in [1.54, 1.807) is 14.2 Å². The summed E-state index contributed by atoms with van der Waals surface area (Å²) >= 11 is 4.74. The van der Waals surface area contributed by atoms with E-state index in [1.807, 2.05) is 100 Å². The number of benzene rings is 2. The summed E-state index contributed by atoms with van der Waals surface area (Å²) in [4.78, 5) is 0. The first-order valence-electron chi connectivity index (χ1n) is 7.15. The maximum Gasteiger partial charge on any atom is -0.0623 e. The molecule has 0 radical (unpaired) electrons. The van der Waals surface area contributed by atoms with Crippen LogP contribution in [0.3, 0.4) is 0 Å². The largest absolute Gasteiger partial charge is 0.0623 e. The standard InChI is InChI=1S/2C6H6.C2H6O.2C2H6.2HI.V/c2*1-2-4-6-5-3-1;1-3-2;2*1-2;;;/h2*1-6H;1-2H3;2*1-2H3;2*1H;/q;;;;;;;+2/p-2. The third-order valence-corrected chi connectivity index (χ3v) is 1.33. The molecule has 0 aliphatic rings. The van der Waals surface area contributed by atoms with Gasteiger partial charge in [0, 0.05) is 14.2 Å². The Morgan fingerprint density at radius 2 is 0.545 bits per heavy atom. The van der Waals surface area contributed by atoms with Crippen molar-refractivity contribution < 1.29 is 14.2 Å². The Morgan fingerprint density at radius 1 is 0.500 bits per heavy atom. The first-order valence-corrected chi connectivity index (χ1v) is 16.2. The van der Waals surface area contributed by atoms with E-state index in [0.717, 1.165) is 0 Å². The monoisotopic (exact) mass is 567 g/mol. The number of ether oxygens (including phenoxy) is 1. The molecular formula is C18H30I2OV. The summed E-state index contributed by atoms with van der Waals surface area (Å²) in [5.74, 6) is 0. The van der Waals surface area contributed by atoms with Gasteiger partial charge in [-0.2, -0.15) is 0 Å². The van der Waals surface area contributed by atoms with E-state index >= 15 is 0 Å². The molecule has 0 aliphatic carbocycles. The molecule has 127 valence electrons. The number of methoxy groups -OCH3 is 1. The second-order valence-corrected chi connectivity index (χ2v) is 14.6. The van der Waals surface area contributed by atoms with Crippen LogP contribution in [0, 0.1) is 0 Å². The molecule has 0 aliphatic heterocycles. The van der Waals surface area contributed by atoms with Crippen LogP contribution in [0.1, 0.15) is 27.7 Å². The minimum absolute atomic E-state index is 0.628. The smallest absolute Gasteiger partial charge is 0.0623 e. The number of halogens is 2.